The molecule has 7 nitrogen and oxygen atoms in total. The molecule has 0 aliphatic carbocycles. The Morgan fingerprint density at radius 1 is 0.941 bits per heavy atom. The second-order valence-electron chi connectivity index (χ2n) is 10.4. The summed E-state index contributed by atoms with van der Waals surface area (Å²) < 4.78 is 16.8. The van der Waals surface area contributed by atoms with Crippen LogP contribution in [0, 0.1) is 0 Å². The van der Waals surface area contributed by atoms with Crippen LogP contribution < -0.4 is 14.9 Å². The Kier molecular flexibility index (Phi) is 7.07. The van der Waals surface area contributed by atoms with Crippen molar-refractivity contribution in [3.63, 3.8) is 0 Å². The third-order valence-electron chi connectivity index (χ3n) is 5.44. The first-order valence-corrected chi connectivity index (χ1v) is 11.2. The molecule has 1 aromatic heterocycles. The molecule has 3 rings (SSSR count). The van der Waals surface area contributed by atoms with Crippen molar-refractivity contribution in [2.24, 2.45) is 0 Å². The molecule has 0 aliphatic rings. The molecule has 34 heavy (non-hydrogen) atoms. The van der Waals surface area contributed by atoms with Gasteiger partial charge < -0.3 is 24.1 Å². The third kappa shape index (κ3) is 5.97. The van der Waals surface area contributed by atoms with Crippen molar-refractivity contribution in [2.75, 3.05) is 13.2 Å². The maximum atomic E-state index is 12.1. The fourth-order valence-electron chi connectivity index (χ4n) is 3.47. The predicted molar refractivity (Wildman–Crippen MR) is 130 cm³/mol. The number of ether oxygens (including phenoxy) is 2. The SMILES string of the molecule is CC(C)(C)c1ccc(OCC(O)COc2ccc3c(=O)cc(C(=O)O)oc3c2)c(C(C)(C)C)c1. The molecule has 0 saturated heterocycles. The normalized spacial score (nSPS) is 13.0. The predicted octanol–water partition coefficient (Wildman–Crippen LogP) is 4.90. The Morgan fingerprint density at radius 3 is 2.24 bits per heavy atom. The van der Waals surface area contributed by atoms with E-state index >= 15 is 0 Å². The van der Waals surface area contributed by atoms with Crippen LogP contribution in [-0.2, 0) is 10.8 Å². The molecule has 2 aromatic carbocycles. The van der Waals surface area contributed by atoms with Crippen LogP contribution in [0.3, 0.4) is 0 Å². The minimum Gasteiger partial charge on any atom is -0.491 e. The molecular formula is C27H32O7. The number of hydrogen-bond donors (Lipinski definition) is 2. The number of carboxylic acid groups (broad SMARTS) is 1. The highest BCUT2D eigenvalue weighted by atomic mass is 16.5. The first-order valence-electron chi connectivity index (χ1n) is 11.2. The molecule has 0 saturated carbocycles. The molecule has 0 bridgehead atoms. The van der Waals surface area contributed by atoms with Crippen LogP contribution in [0.5, 0.6) is 11.5 Å². The molecule has 3 aromatic rings. The highest BCUT2D eigenvalue weighted by molar-refractivity contribution is 5.87. The fourth-order valence-corrected chi connectivity index (χ4v) is 3.47. The van der Waals surface area contributed by atoms with Crippen molar-refractivity contribution < 1.29 is 28.9 Å². The van der Waals surface area contributed by atoms with Crippen molar-refractivity contribution in [3.05, 3.63) is 69.6 Å². The number of aromatic carboxylic acids is 1. The van der Waals surface area contributed by atoms with Gasteiger partial charge in [-0.15, -0.1) is 0 Å². The number of benzene rings is 2. The Morgan fingerprint density at radius 2 is 1.62 bits per heavy atom. The zero-order valence-electron chi connectivity index (χ0n) is 20.5. The van der Waals surface area contributed by atoms with Crippen LogP contribution >= 0.6 is 0 Å². The van der Waals surface area contributed by atoms with Gasteiger partial charge >= 0.3 is 5.97 Å². The maximum Gasteiger partial charge on any atom is 0.371 e. The molecule has 1 unspecified atom stereocenters. The van der Waals surface area contributed by atoms with Gasteiger partial charge in [-0.25, -0.2) is 4.79 Å². The van der Waals surface area contributed by atoms with E-state index in [2.05, 4.69) is 47.6 Å². The molecule has 1 atom stereocenters. The van der Waals surface area contributed by atoms with Crippen LogP contribution in [0.2, 0.25) is 0 Å². The van der Waals surface area contributed by atoms with E-state index < -0.39 is 23.3 Å². The summed E-state index contributed by atoms with van der Waals surface area (Å²) >= 11 is 0. The Balaban J connectivity index is 1.69. The molecule has 0 fully saturated rings. The number of fused-ring (bicyclic) bond motifs is 1. The highest BCUT2D eigenvalue weighted by Gasteiger charge is 2.23. The van der Waals surface area contributed by atoms with Gasteiger partial charge in [-0.05, 0) is 40.2 Å². The monoisotopic (exact) mass is 468 g/mol. The van der Waals surface area contributed by atoms with Crippen molar-refractivity contribution in [1.29, 1.82) is 0 Å². The molecule has 7 heteroatoms. The van der Waals surface area contributed by atoms with Gasteiger partial charge in [0.2, 0.25) is 5.76 Å². The zero-order chi connectivity index (χ0) is 25.3. The average molecular weight is 469 g/mol. The summed E-state index contributed by atoms with van der Waals surface area (Å²) in [6.45, 7) is 12.8. The van der Waals surface area contributed by atoms with Gasteiger partial charge in [0, 0.05) is 12.1 Å². The van der Waals surface area contributed by atoms with E-state index in [0.717, 1.165) is 11.6 Å². The number of carbonyl (C=O) groups is 1. The smallest absolute Gasteiger partial charge is 0.371 e. The molecule has 2 N–H and O–H groups in total. The minimum atomic E-state index is -1.33. The van der Waals surface area contributed by atoms with Crippen molar-refractivity contribution in [3.8, 4) is 11.5 Å². The Labute approximate surface area is 198 Å². The molecule has 0 aliphatic heterocycles. The maximum absolute atomic E-state index is 12.1. The molecule has 0 radical (unpaired) electrons. The van der Waals surface area contributed by atoms with Crippen molar-refractivity contribution in [1.82, 2.24) is 0 Å². The highest BCUT2D eigenvalue weighted by Crippen LogP contribution is 2.35. The Hall–Kier alpha value is -3.32. The van der Waals surface area contributed by atoms with E-state index in [0.29, 0.717) is 11.5 Å². The summed E-state index contributed by atoms with van der Waals surface area (Å²) in [5, 5.41) is 19.7. The zero-order valence-corrected chi connectivity index (χ0v) is 20.5. The van der Waals surface area contributed by atoms with Crippen LogP contribution in [0.1, 0.15) is 63.2 Å². The first-order chi connectivity index (χ1) is 15.8. The topological polar surface area (TPSA) is 106 Å². The Bertz CT molecular complexity index is 1240. The third-order valence-corrected chi connectivity index (χ3v) is 5.44. The summed E-state index contributed by atoms with van der Waals surface area (Å²) in [5.74, 6) is -0.728. The van der Waals surface area contributed by atoms with Gasteiger partial charge in [-0.2, -0.15) is 0 Å². The van der Waals surface area contributed by atoms with E-state index in [-0.39, 0.29) is 35.0 Å². The number of rotatable bonds is 7. The van der Waals surface area contributed by atoms with Crippen LogP contribution in [0.15, 0.2) is 51.7 Å². The van der Waals surface area contributed by atoms with Gasteiger partial charge in [0.05, 0.1) is 5.39 Å². The van der Waals surface area contributed by atoms with Gasteiger partial charge in [0.15, 0.2) is 5.43 Å². The average Bonchev–Trinajstić information content (AvgIpc) is 2.74. The van der Waals surface area contributed by atoms with Crippen LogP contribution in [0.25, 0.3) is 11.0 Å². The number of hydrogen-bond acceptors (Lipinski definition) is 6. The minimum absolute atomic E-state index is 0.0100. The van der Waals surface area contributed by atoms with Gasteiger partial charge in [0.25, 0.3) is 0 Å². The van der Waals surface area contributed by atoms with Gasteiger partial charge in [-0.3, -0.25) is 4.79 Å². The summed E-state index contributed by atoms with van der Waals surface area (Å²) in [6.07, 6.45) is -0.914. The van der Waals surface area contributed by atoms with E-state index in [1.807, 2.05) is 12.1 Å². The van der Waals surface area contributed by atoms with Gasteiger partial charge in [-0.1, -0.05) is 53.7 Å². The van der Waals surface area contributed by atoms with Crippen LogP contribution in [-0.4, -0.2) is 35.5 Å². The number of carboxylic acids is 1. The van der Waals surface area contributed by atoms with E-state index in [9.17, 15) is 14.7 Å². The number of aliphatic hydroxyl groups is 1. The second-order valence-corrected chi connectivity index (χ2v) is 10.4. The lowest BCUT2D eigenvalue weighted by molar-refractivity contribution is 0.0619. The van der Waals surface area contributed by atoms with E-state index in [4.69, 9.17) is 19.0 Å². The second kappa shape index (κ2) is 9.50. The first kappa shape index (κ1) is 25.3. The summed E-state index contributed by atoms with van der Waals surface area (Å²) in [6, 6.07) is 11.6. The molecule has 0 spiro atoms. The van der Waals surface area contributed by atoms with Crippen molar-refractivity contribution in [2.45, 2.75) is 58.5 Å². The standard InChI is InChI=1S/C27H32O7/c1-26(2,3)16-7-10-22(20(11-16)27(4,5)6)33-15-17(28)14-32-18-8-9-19-21(29)13-24(25(30)31)34-23(19)12-18/h7-13,17,28H,14-15H2,1-6H3,(H,30,31). The molecule has 1 heterocycles. The van der Waals surface area contributed by atoms with Gasteiger partial charge in [0.1, 0.15) is 36.4 Å². The lowest BCUT2D eigenvalue weighted by atomic mass is 9.80. The molecule has 0 amide bonds. The fraction of sp³-hybridized carbons (Fsp3) is 0.407. The molecular weight excluding hydrogens is 436 g/mol. The lowest BCUT2D eigenvalue weighted by Gasteiger charge is -2.27. The number of aliphatic hydroxyl groups excluding tert-OH is 1. The van der Waals surface area contributed by atoms with Crippen LogP contribution in [0.4, 0.5) is 0 Å². The largest absolute Gasteiger partial charge is 0.491 e. The lowest BCUT2D eigenvalue weighted by Crippen LogP contribution is -2.26. The summed E-state index contributed by atoms with van der Waals surface area (Å²) in [4.78, 5) is 23.2. The quantitative estimate of drug-likeness (QED) is 0.508. The summed E-state index contributed by atoms with van der Waals surface area (Å²) in [5.41, 5.74) is 1.79. The summed E-state index contributed by atoms with van der Waals surface area (Å²) in [7, 11) is 0. The van der Waals surface area contributed by atoms with Crippen molar-refractivity contribution >= 4 is 16.9 Å². The van der Waals surface area contributed by atoms with E-state index in [1.165, 1.54) is 17.7 Å². The van der Waals surface area contributed by atoms with E-state index in [1.54, 1.807) is 6.07 Å². The molecule has 182 valence electrons.